The number of likely N-dealkylation sites (tertiary alicyclic amines) is 1. The number of anilines is 1. The summed E-state index contributed by atoms with van der Waals surface area (Å²) in [5.41, 5.74) is 0.547. The van der Waals surface area contributed by atoms with Gasteiger partial charge in [0.2, 0.25) is 5.95 Å². The molecule has 2 fully saturated rings. The Bertz CT molecular complexity index is 1110. The Balaban J connectivity index is 1.18. The number of hydrogen-bond donors (Lipinski definition) is 1. The van der Waals surface area contributed by atoms with Crippen LogP contribution in [-0.2, 0) is 6.54 Å². The molecule has 3 aromatic rings. The van der Waals surface area contributed by atoms with Gasteiger partial charge in [-0.2, -0.15) is 4.39 Å². The average Bonchev–Trinajstić information content (AvgIpc) is 3.29. The van der Waals surface area contributed by atoms with Crippen LogP contribution in [0, 0.1) is 35.2 Å². The second kappa shape index (κ2) is 8.46. The van der Waals surface area contributed by atoms with Gasteiger partial charge in [0.1, 0.15) is 11.6 Å². The van der Waals surface area contributed by atoms with Crippen molar-refractivity contribution in [2.75, 3.05) is 18.4 Å². The van der Waals surface area contributed by atoms with E-state index in [1.54, 1.807) is 12.1 Å². The molecule has 5 rings (SSSR count). The lowest BCUT2D eigenvalue weighted by atomic mass is 10.0. The van der Waals surface area contributed by atoms with Gasteiger partial charge in [-0.3, -0.25) is 4.90 Å². The minimum absolute atomic E-state index is 0.0661. The first-order chi connectivity index (χ1) is 15.4. The summed E-state index contributed by atoms with van der Waals surface area (Å²) in [4.78, 5) is 6.26. The van der Waals surface area contributed by atoms with Gasteiger partial charge in [0.15, 0.2) is 11.6 Å². The first kappa shape index (κ1) is 20.8. The van der Waals surface area contributed by atoms with Gasteiger partial charge in [-0.05, 0) is 55.0 Å². The minimum atomic E-state index is -1.26. The lowest BCUT2D eigenvalue weighted by Crippen LogP contribution is -2.25. The normalized spacial score (nSPS) is 22.8. The number of nitrogens with one attached hydrogen (secondary N) is 1. The van der Waals surface area contributed by atoms with Crippen LogP contribution in [0.1, 0.15) is 18.5 Å². The summed E-state index contributed by atoms with van der Waals surface area (Å²) in [6, 6.07) is 9.64. The third-order valence-electron chi connectivity index (χ3n) is 6.27. The van der Waals surface area contributed by atoms with E-state index < -0.39 is 23.4 Å². The molecule has 0 amide bonds. The Kier molecular flexibility index (Phi) is 5.50. The molecule has 0 radical (unpaired) electrons. The molecule has 3 heterocycles. The third kappa shape index (κ3) is 4.29. The van der Waals surface area contributed by atoms with E-state index in [0.29, 0.717) is 30.3 Å². The molecular formula is C23H21F4N5. The molecule has 0 bridgehead atoms. The highest BCUT2D eigenvalue weighted by Gasteiger charge is 2.40. The van der Waals surface area contributed by atoms with Crippen molar-refractivity contribution in [3.8, 4) is 11.3 Å². The van der Waals surface area contributed by atoms with Crippen LogP contribution in [0.2, 0.25) is 0 Å². The van der Waals surface area contributed by atoms with Crippen LogP contribution in [-0.4, -0.2) is 39.2 Å². The van der Waals surface area contributed by atoms with E-state index in [1.165, 1.54) is 12.1 Å². The Hall–Kier alpha value is -3.07. The maximum atomic E-state index is 14.0. The number of rotatable bonds is 5. The topological polar surface area (TPSA) is 53.9 Å². The molecule has 3 atom stereocenters. The van der Waals surface area contributed by atoms with Gasteiger partial charge < -0.3 is 5.32 Å². The van der Waals surface area contributed by atoms with Crippen LogP contribution in [0.5, 0.6) is 0 Å². The van der Waals surface area contributed by atoms with Crippen LogP contribution in [0.25, 0.3) is 11.3 Å². The Morgan fingerprint density at radius 3 is 2.41 bits per heavy atom. The fraction of sp³-hybridized carbons (Fsp3) is 0.348. The van der Waals surface area contributed by atoms with E-state index in [9.17, 15) is 17.6 Å². The van der Waals surface area contributed by atoms with E-state index in [2.05, 4.69) is 25.4 Å². The molecule has 1 aliphatic heterocycles. The van der Waals surface area contributed by atoms with Crippen molar-refractivity contribution in [3.63, 3.8) is 0 Å². The van der Waals surface area contributed by atoms with Gasteiger partial charge in [-0.25, -0.2) is 18.2 Å². The molecule has 1 aromatic carbocycles. The number of hydrogen-bond acceptors (Lipinski definition) is 5. The summed E-state index contributed by atoms with van der Waals surface area (Å²) in [5, 5.41) is 11.4. The SMILES string of the molecule is Fc1cc(F)c(F)c(-c2ccc(NC3C[C@@H]4CN(Cc5cccc(F)n5)C[C@@H]4C3)nn2)c1. The van der Waals surface area contributed by atoms with Gasteiger partial charge in [0, 0.05) is 37.3 Å². The van der Waals surface area contributed by atoms with E-state index in [-0.39, 0.29) is 17.3 Å². The van der Waals surface area contributed by atoms with E-state index >= 15 is 0 Å². The van der Waals surface area contributed by atoms with Crippen molar-refractivity contribution in [1.82, 2.24) is 20.1 Å². The molecule has 1 aliphatic carbocycles. The van der Waals surface area contributed by atoms with Gasteiger partial charge in [0.25, 0.3) is 0 Å². The van der Waals surface area contributed by atoms with Crippen molar-refractivity contribution in [2.24, 2.45) is 11.8 Å². The van der Waals surface area contributed by atoms with Crippen molar-refractivity contribution >= 4 is 5.82 Å². The van der Waals surface area contributed by atoms with Crippen LogP contribution in [0.15, 0.2) is 42.5 Å². The fourth-order valence-electron chi connectivity index (χ4n) is 4.92. The maximum absolute atomic E-state index is 14.0. The Labute approximate surface area is 182 Å². The molecule has 166 valence electrons. The predicted molar refractivity (Wildman–Crippen MR) is 110 cm³/mol. The zero-order valence-corrected chi connectivity index (χ0v) is 17.1. The molecule has 5 nitrogen and oxygen atoms in total. The van der Waals surface area contributed by atoms with Crippen LogP contribution >= 0.6 is 0 Å². The Morgan fingerprint density at radius 1 is 0.938 bits per heavy atom. The summed E-state index contributed by atoms with van der Waals surface area (Å²) < 4.78 is 54.2. The van der Waals surface area contributed by atoms with Crippen LogP contribution in [0.3, 0.4) is 0 Å². The van der Waals surface area contributed by atoms with E-state index in [1.807, 2.05) is 6.07 Å². The quantitative estimate of drug-likeness (QED) is 0.360. The van der Waals surface area contributed by atoms with Crippen LogP contribution < -0.4 is 5.32 Å². The van der Waals surface area contributed by atoms with Gasteiger partial charge in [-0.1, -0.05) is 6.07 Å². The highest BCUT2D eigenvalue weighted by molar-refractivity contribution is 5.60. The molecule has 9 heteroatoms. The van der Waals surface area contributed by atoms with Crippen molar-refractivity contribution < 1.29 is 17.6 Å². The number of pyridine rings is 1. The summed E-state index contributed by atoms with van der Waals surface area (Å²) in [7, 11) is 0. The number of nitrogens with zero attached hydrogens (tertiary/aromatic N) is 4. The average molecular weight is 443 g/mol. The standard InChI is InChI=1S/C23H21F4N5/c24-15-8-18(23(27)19(25)9-15)20-4-5-22(31-30-20)29-17-6-13-10-32(11-14(13)7-17)12-16-2-1-3-21(26)28-16/h1-5,8-9,13-14,17H,6-7,10-12H2,(H,29,31)/t13-,14+,17?. The lowest BCUT2D eigenvalue weighted by Gasteiger charge is -2.19. The Morgan fingerprint density at radius 2 is 1.72 bits per heavy atom. The summed E-state index contributed by atoms with van der Waals surface area (Å²) in [5.74, 6) is -2.12. The van der Waals surface area contributed by atoms with Gasteiger partial charge >= 0.3 is 0 Å². The second-order valence-corrected chi connectivity index (χ2v) is 8.53. The molecule has 1 saturated carbocycles. The highest BCUT2D eigenvalue weighted by atomic mass is 19.2. The molecule has 2 aromatic heterocycles. The summed E-state index contributed by atoms with van der Waals surface area (Å²) >= 11 is 0. The number of halogens is 4. The van der Waals surface area contributed by atoms with E-state index in [4.69, 9.17) is 0 Å². The maximum Gasteiger partial charge on any atom is 0.213 e. The molecule has 1 N–H and O–H groups in total. The first-order valence-electron chi connectivity index (χ1n) is 10.5. The third-order valence-corrected chi connectivity index (χ3v) is 6.27. The largest absolute Gasteiger partial charge is 0.366 e. The summed E-state index contributed by atoms with van der Waals surface area (Å²) in [6.45, 7) is 2.53. The fourth-order valence-corrected chi connectivity index (χ4v) is 4.92. The zero-order chi connectivity index (χ0) is 22.2. The molecule has 1 saturated heterocycles. The van der Waals surface area contributed by atoms with Gasteiger partial charge in [0.05, 0.1) is 11.4 Å². The van der Waals surface area contributed by atoms with Crippen molar-refractivity contribution in [1.29, 1.82) is 0 Å². The predicted octanol–water partition coefficient (Wildman–Crippen LogP) is 4.42. The molecule has 1 unspecified atom stereocenters. The van der Waals surface area contributed by atoms with Crippen molar-refractivity contribution in [3.05, 3.63) is 71.6 Å². The molecule has 0 spiro atoms. The number of fused-ring (bicyclic) bond motifs is 1. The minimum Gasteiger partial charge on any atom is -0.366 e. The lowest BCUT2D eigenvalue weighted by molar-refractivity contribution is 0.296. The van der Waals surface area contributed by atoms with E-state index in [0.717, 1.165) is 37.7 Å². The smallest absolute Gasteiger partial charge is 0.213 e. The molecular weight excluding hydrogens is 422 g/mol. The second-order valence-electron chi connectivity index (χ2n) is 8.53. The number of aromatic nitrogens is 3. The first-order valence-corrected chi connectivity index (χ1v) is 10.5. The summed E-state index contributed by atoms with van der Waals surface area (Å²) in [6.07, 6.45) is 1.95. The molecule has 32 heavy (non-hydrogen) atoms. The van der Waals surface area contributed by atoms with Gasteiger partial charge in [-0.15, -0.1) is 10.2 Å². The van der Waals surface area contributed by atoms with Crippen LogP contribution in [0.4, 0.5) is 23.4 Å². The zero-order valence-electron chi connectivity index (χ0n) is 17.1. The number of benzene rings is 1. The highest BCUT2D eigenvalue weighted by Crippen LogP contribution is 2.39. The monoisotopic (exact) mass is 443 g/mol. The van der Waals surface area contributed by atoms with Crippen molar-refractivity contribution in [2.45, 2.75) is 25.4 Å². The molecule has 2 aliphatic rings.